The molecule has 0 bridgehead atoms. The Bertz CT molecular complexity index is 2380. The molecule has 9 rings (SSSR count). The summed E-state index contributed by atoms with van der Waals surface area (Å²) in [7, 11) is 0. The van der Waals surface area contributed by atoms with E-state index >= 15 is 0 Å². The molecule has 0 amide bonds. The minimum absolute atomic E-state index is 0.867. The molecule has 0 unspecified atom stereocenters. The van der Waals surface area contributed by atoms with Crippen molar-refractivity contribution >= 4 is 65.2 Å². The van der Waals surface area contributed by atoms with Gasteiger partial charge in [-0.2, -0.15) is 0 Å². The maximum atomic E-state index is 6.41. The van der Waals surface area contributed by atoms with Crippen molar-refractivity contribution in [3.05, 3.63) is 134 Å². The molecule has 0 N–H and O–H groups in total. The van der Waals surface area contributed by atoms with Crippen LogP contribution < -0.4 is 0 Å². The van der Waals surface area contributed by atoms with E-state index < -0.39 is 0 Å². The molecule has 0 atom stereocenters. The maximum absolute atomic E-state index is 6.41. The first-order chi connectivity index (χ1) is 19.8. The van der Waals surface area contributed by atoms with Crippen molar-refractivity contribution in [3.8, 4) is 22.3 Å². The number of furan rings is 2. The van der Waals surface area contributed by atoms with Crippen molar-refractivity contribution in [2.45, 2.75) is 0 Å². The van der Waals surface area contributed by atoms with E-state index in [-0.39, 0.29) is 0 Å². The van der Waals surface area contributed by atoms with E-state index in [1.807, 2.05) is 18.2 Å². The summed E-state index contributed by atoms with van der Waals surface area (Å²) < 4.78 is 12.2. The average Bonchev–Trinajstić information content (AvgIpc) is 3.64. The van der Waals surface area contributed by atoms with E-state index in [9.17, 15) is 0 Å². The normalized spacial score (nSPS) is 12.0. The molecule has 7 aromatic carbocycles. The minimum Gasteiger partial charge on any atom is -0.464 e. The summed E-state index contributed by atoms with van der Waals surface area (Å²) in [5.74, 6) is 0. The quantitative estimate of drug-likeness (QED) is 0.216. The van der Waals surface area contributed by atoms with Gasteiger partial charge in [0, 0.05) is 16.2 Å². The first-order valence-corrected chi connectivity index (χ1v) is 13.6. The van der Waals surface area contributed by atoms with Crippen molar-refractivity contribution in [2.75, 3.05) is 0 Å². The second-order valence-corrected chi connectivity index (χ2v) is 10.5. The van der Waals surface area contributed by atoms with Gasteiger partial charge in [-0.25, -0.2) is 0 Å². The van der Waals surface area contributed by atoms with Gasteiger partial charge in [0.15, 0.2) is 0 Å². The minimum atomic E-state index is 0.867. The zero-order valence-electron chi connectivity index (χ0n) is 21.5. The van der Waals surface area contributed by atoms with Gasteiger partial charge in [-0.15, -0.1) is 0 Å². The van der Waals surface area contributed by atoms with Crippen molar-refractivity contribution in [1.29, 1.82) is 0 Å². The molecule has 2 aromatic heterocycles. The fraction of sp³-hybridized carbons (Fsp3) is 0. The summed E-state index contributed by atoms with van der Waals surface area (Å²) in [6, 6.07) is 45.5. The van der Waals surface area contributed by atoms with Crippen LogP contribution in [0.2, 0.25) is 0 Å². The summed E-state index contributed by atoms with van der Waals surface area (Å²) in [5.41, 5.74) is 7.51. The fourth-order valence-electron chi connectivity index (χ4n) is 6.64. The Labute approximate surface area is 229 Å². The Balaban J connectivity index is 1.46. The SMILES string of the molecule is c1ccc2cc(-c3c4ccccc4c(-c4cccc5oc6ccc7occc7c6c45)c4ccccc34)ccc2c1. The van der Waals surface area contributed by atoms with E-state index in [2.05, 4.69) is 109 Å². The summed E-state index contributed by atoms with van der Waals surface area (Å²) in [5, 5.41) is 10.7. The van der Waals surface area contributed by atoms with Crippen LogP contribution in [0.1, 0.15) is 0 Å². The third kappa shape index (κ3) is 2.93. The topological polar surface area (TPSA) is 26.3 Å². The molecule has 0 radical (unpaired) electrons. The Morgan fingerprint density at radius 3 is 1.82 bits per heavy atom. The van der Waals surface area contributed by atoms with E-state index in [0.29, 0.717) is 0 Å². The van der Waals surface area contributed by atoms with Gasteiger partial charge in [0.05, 0.1) is 6.26 Å². The number of fused-ring (bicyclic) bond motifs is 8. The monoisotopic (exact) mass is 510 g/mol. The van der Waals surface area contributed by atoms with Gasteiger partial charge in [-0.3, -0.25) is 0 Å². The molecule has 0 fully saturated rings. The average molecular weight is 511 g/mol. The molecule has 2 heteroatoms. The first-order valence-electron chi connectivity index (χ1n) is 13.6. The van der Waals surface area contributed by atoms with Gasteiger partial charge in [0.1, 0.15) is 16.7 Å². The van der Waals surface area contributed by atoms with Crippen LogP contribution in [-0.2, 0) is 0 Å². The van der Waals surface area contributed by atoms with Crippen molar-refractivity contribution in [3.63, 3.8) is 0 Å². The van der Waals surface area contributed by atoms with E-state index in [0.717, 1.165) is 32.9 Å². The van der Waals surface area contributed by atoms with Crippen LogP contribution in [0.5, 0.6) is 0 Å². The van der Waals surface area contributed by atoms with Crippen molar-refractivity contribution in [1.82, 2.24) is 0 Å². The summed E-state index contributed by atoms with van der Waals surface area (Å²) in [6.07, 6.45) is 1.76. The van der Waals surface area contributed by atoms with Gasteiger partial charge in [0.25, 0.3) is 0 Å². The largest absolute Gasteiger partial charge is 0.464 e. The van der Waals surface area contributed by atoms with Gasteiger partial charge >= 0.3 is 0 Å². The molecule has 2 heterocycles. The molecule has 0 saturated carbocycles. The van der Waals surface area contributed by atoms with E-state index in [4.69, 9.17) is 8.83 Å². The highest BCUT2D eigenvalue weighted by Crippen LogP contribution is 2.48. The lowest BCUT2D eigenvalue weighted by Gasteiger charge is -2.18. The van der Waals surface area contributed by atoms with Gasteiger partial charge in [-0.1, -0.05) is 97.1 Å². The second-order valence-electron chi connectivity index (χ2n) is 10.5. The Kier molecular flexibility index (Phi) is 4.36. The summed E-state index contributed by atoms with van der Waals surface area (Å²) in [6.45, 7) is 0. The third-order valence-electron chi connectivity index (χ3n) is 8.33. The van der Waals surface area contributed by atoms with Crippen LogP contribution in [0.15, 0.2) is 142 Å². The highest BCUT2D eigenvalue weighted by molar-refractivity contribution is 6.28. The van der Waals surface area contributed by atoms with Crippen molar-refractivity contribution in [2.24, 2.45) is 0 Å². The van der Waals surface area contributed by atoms with Gasteiger partial charge in [0.2, 0.25) is 0 Å². The predicted molar refractivity (Wildman–Crippen MR) is 167 cm³/mol. The molecule has 0 aliphatic carbocycles. The molecular formula is C38H22O2. The highest BCUT2D eigenvalue weighted by Gasteiger charge is 2.21. The van der Waals surface area contributed by atoms with Crippen LogP contribution in [0.3, 0.4) is 0 Å². The summed E-state index contributed by atoms with van der Waals surface area (Å²) in [4.78, 5) is 0. The number of hydrogen-bond acceptors (Lipinski definition) is 2. The molecule has 9 aromatic rings. The lowest BCUT2D eigenvalue weighted by molar-refractivity contribution is 0.615. The highest BCUT2D eigenvalue weighted by atomic mass is 16.3. The van der Waals surface area contributed by atoms with Gasteiger partial charge in [-0.05, 0) is 84.9 Å². The number of rotatable bonds is 2. The Hall–Kier alpha value is -5.34. The van der Waals surface area contributed by atoms with Crippen LogP contribution in [0.25, 0.3) is 87.5 Å². The van der Waals surface area contributed by atoms with Crippen LogP contribution >= 0.6 is 0 Å². The van der Waals surface area contributed by atoms with Gasteiger partial charge < -0.3 is 8.83 Å². The zero-order chi connectivity index (χ0) is 26.2. The molecule has 186 valence electrons. The van der Waals surface area contributed by atoms with E-state index in [1.165, 1.54) is 54.6 Å². The maximum Gasteiger partial charge on any atom is 0.136 e. The molecular weight excluding hydrogens is 488 g/mol. The predicted octanol–water partition coefficient (Wildman–Crippen LogP) is 11.1. The van der Waals surface area contributed by atoms with Crippen LogP contribution in [-0.4, -0.2) is 0 Å². The summed E-state index contributed by atoms with van der Waals surface area (Å²) >= 11 is 0. The Morgan fingerprint density at radius 1 is 0.400 bits per heavy atom. The fourth-order valence-corrected chi connectivity index (χ4v) is 6.64. The molecule has 0 saturated heterocycles. The second kappa shape index (κ2) is 8.08. The lowest BCUT2D eigenvalue weighted by atomic mass is 9.84. The molecule has 0 aliphatic heterocycles. The molecule has 40 heavy (non-hydrogen) atoms. The van der Waals surface area contributed by atoms with Crippen LogP contribution in [0.4, 0.5) is 0 Å². The molecule has 0 spiro atoms. The first kappa shape index (κ1) is 21.6. The molecule has 2 nitrogen and oxygen atoms in total. The van der Waals surface area contributed by atoms with E-state index in [1.54, 1.807) is 6.26 Å². The standard InChI is InChI=1S/C38H22O2/c1-2-9-24-22-25(17-16-23(24)8-1)35-26-10-3-5-12-28(26)36(29-13-6-4-11-27(29)35)31-14-7-15-33-38(31)37-30-20-21-39-32(30)18-19-34(37)40-33/h1-22H. The zero-order valence-corrected chi connectivity index (χ0v) is 21.5. The third-order valence-corrected chi connectivity index (χ3v) is 8.33. The Morgan fingerprint density at radius 2 is 1.05 bits per heavy atom. The van der Waals surface area contributed by atoms with Crippen LogP contribution in [0, 0.1) is 0 Å². The number of benzene rings is 7. The molecule has 0 aliphatic rings. The smallest absolute Gasteiger partial charge is 0.136 e. The lowest BCUT2D eigenvalue weighted by Crippen LogP contribution is -1.91. The number of hydrogen-bond donors (Lipinski definition) is 0. The van der Waals surface area contributed by atoms with Crippen molar-refractivity contribution < 1.29 is 8.83 Å².